The number of benzene rings is 2. The summed E-state index contributed by atoms with van der Waals surface area (Å²) in [6.07, 6.45) is 1.21. The predicted octanol–water partition coefficient (Wildman–Crippen LogP) is 3.46. The van der Waals surface area contributed by atoms with E-state index in [0.29, 0.717) is 5.69 Å². The van der Waals surface area contributed by atoms with E-state index in [1.54, 1.807) is 31.2 Å². The molecule has 2 aromatic rings. The molecule has 0 heterocycles. The van der Waals surface area contributed by atoms with Crippen molar-refractivity contribution in [2.24, 2.45) is 0 Å². The molecule has 0 aromatic heterocycles. The lowest BCUT2D eigenvalue weighted by atomic mass is 10.1. The van der Waals surface area contributed by atoms with Crippen LogP contribution in [0.1, 0.15) is 18.9 Å². The summed E-state index contributed by atoms with van der Waals surface area (Å²) in [5.41, 5.74) is 1.34. The molecule has 26 heavy (non-hydrogen) atoms. The number of halogens is 2. The Kier molecular flexibility index (Phi) is 5.97. The Hall–Kier alpha value is -2.48. The normalized spacial score (nSPS) is 12.5. The first-order valence-corrected chi connectivity index (χ1v) is 9.80. The summed E-state index contributed by atoms with van der Waals surface area (Å²) >= 11 is 0. The second-order valence-electron chi connectivity index (χ2n) is 5.94. The number of carbonyl (C=O) groups is 1. The summed E-state index contributed by atoms with van der Waals surface area (Å²) in [7, 11) is -3.76. The van der Waals surface area contributed by atoms with E-state index in [0.717, 1.165) is 28.3 Å². The molecule has 1 N–H and O–H groups in total. The standard InChI is InChI=1S/C18H20F2N2O3S/c1-4-17(18(23)21-13-7-10-15(19)16(20)11-13)22(26(3,24)25)14-8-5-12(2)6-9-14/h5-11,17H,4H2,1-3H3,(H,21,23)/t17-/m1/s1. The number of hydrogen-bond donors (Lipinski definition) is 1. The molecule has 0 saturated heterocycles. The van der Waals surface area contributed by atoms with Crippen LogP contribution in [0.4, 0.5) is 20.2 Å². The average molecular weight is 382 g/mol. The average Bonchev–Trinajstić information content (AvgIpc) is 2.56. The highest BCUT2D eigenvalue weighted by Crippen LogP contribution is 2.24. The molecule has 2 aromatic carbocycles. The van der Waals surface area contributed by atoms with Crippen molar-refractivity contribution < 1.29 is 22.0 Å². The molecule has 0 saturated carbocycles. The van der Waals surface area contributed by atoms with Crippen LogP contribution < -0.4 is 9.62 Å². The molecular formula is C18H20F2N2O3S. The van der Waals surface area contributed by atoms with E-state index in [2.05, 4.69) is 5.32 Å². The van der Waals surface area contributed by atoms with E-state index in [1.165, 1.54) is 6.07 Å². The molecule has 2 rings (SSSR count). The number of hydrogen-bond acceptors (Lipinski definition) is 3. The lowest BCUT2D eigenvalue weighted by Crippen LogP contribution is -2.47. The third kappa shape index (κ3) is 4.57. The largest absolute Gasteiger partial charge is 0.324 e. The molecule has 140 valence electrons. The number of carbonyl (C=O) groups excluding carboxylic acids is 1. The summed E-state index contributed by atoms with van der Waals surface area (Å²) in [5, 5.41) is 2.44. The van der Waals surface area contributed by atoms with Gasteiger partial charge in [0.25, 0.3) is 0 Å². The number of nitrogens with one attached hydrogen (secondary N) is 1. The third-order valence-corrected chi connectivity index (χ3v) is 4.99. The molecule has 0 bridgehead atoms. The monoisotopic (exact) mass is 382 g/mol. The number of amides is 1. The highest BCUT2D eigenvalue weighted by Gasteiger charge is 2.31. The van der Waals surface area contributed by atoms with Crippen molar-refractivity contribution in [1.29, 1.82) is 0 Å². The lowest BCUT2D eigenvalue weighted by molar-refractivity contribution is -0.117. The molecule has 0 fully saturated rings. The van der Waals surface area contributed by atoms with Crippen LogP contribution in [0.25, 0.3) is 0 Å². The molecule has 1 atom stereocenters. The second-order valence-corrected chi connectivity index (χ2v) is 7.80. The van der Waals surface area contributed by atoms with Crippen molar-refractivity contribution in [2.75, 3.05) is 15.9 Å². The highest BCUT2D eigenvalue weighted by atomic mass is 32.2. The van der Waals surface area contributed by atoms with Gasteiger partial charge in [0.15, 0.2) is 11.6 Å². The summed E-state index contributed by atoms with van der Waals surface area (Å²) in [6, 6.07) is 8.62. The summed E-state index contributed by atoms with van der Waals surface area (Å²) < 4.78 is 52.0. The molecule has 0 aliphatic carbocycles. The van der Waals surface area contributed by atoms with Gasteiger partial charge < -0.3 is 5.32 Å². The number of anilines is 2. The number of aryl methyl sites for hydroxylation is 1. The molecule has 8 heteroatoms. The first-order chi connectivity index (χ1) is 12.1. The lowest BCUT2D eigenvalue weighted by Gasteiger charge is -2.30. The SMILES string of the molecule is CC[C@H](C(=O)Nc1ccc(F)c(F)c1)N(c1ccc(C)cc1)S(C)(=O)=O. The van der Waals surface area contributed by atoms with Gasteiger partial charge in [-0.3, -0.25) is 9.10 Å². The minimum absolute atomic E-state index is 0.0460. The fraction of sp³-hybridized carbons (Fsp3) is 0.278. The Labute approximate surface area is 151 Å². The summed E-state index contributed by atoms with van der Waals surface area (Å²) in [6.45, 7) is 3.53. The Morgan fingerprint density at radius 2 is 1.73 bits per heavy atom. The van der Waals surface area contributed by atoms with Gasteiger partial charge >= 0.3 is 0 Å². The van der Waals surface area contributed by atoms with Crippen LogP contribution in [0, 0.1) is 18.6 Å². The summed E-state index contributed by atoms with van der Waals surface area (Å²) in [5.74, 6) is -2.77. The Balaban J connectivity index is 2.36. The van der Waals surface area contributed by atoms with Crippen molar-refractivity contribution in [2.45, 2.75) is 26.3 Å². The van der Waals surface area contributed by atoms with Gasteiger partial charge in [0.1, 0.15) is 6.04 Å². The molecule has 0 radical (unpaired) electrons. The summed E-state index contributed by atoms with van der Waals surface area (Å²) in [4.78, 5) is 12.6. The fourth-order valence-electron chi connectivity index (χ4n) is 2.55. The van der Waals surface area contributed by atoms with E-state index >= 15 is 0 Å². The van der Waals surface area contributed by atoms with Crippen LogP contribution in [0.5, 0.6) is 0 Å². The smallest absolute Gasteiger partial charge is 0.248 e. The zero-order valence-corrected chi connectivity index (χ0v) is 15.5. The Morgan fingerprint density at radius 3 is 2.23 bits per heavy atom. The van der Waals surface area contributed by atoms with Crippen LogP contribution in [0.15, 0.2) is 42.5 Å². The first kappa shape index (κ1) is 19.8. The van der Waals surface area contributed by atoms with Gasteiger partial charge in [-0.2, -0.15) is 0 Å². The van der Waals surface area contributed by atoms with E-state index in [4.69, 9.17) is 0 Å². The van der Waals surface area contributed by atoms with Crippen LogP contribution in [0.3, 0.4) is 0 Å². The quantitative estimate of drug-likeness (QED) is 0.832. The van der Waals surface area contributed by atoms with Crippen molar-refractivity contribution in [3.8, 4) is 0 Å². The minimum atomic E-state index is -3.76. The molecule has 0 aliphatic rings. The molecule has 0 spiro atoms. The van der Waals surface area contributed by atoms with Gasteiger partial charge in [-0.15, -0.1) is 0 Å². The van der Waals surface area contributed by atoms with Crippen LogP contribution in [0.2, 0.25) is 0 Å². The van der Waals surface area contributed by atoms with Crippen molar-refractivity contribution in [3.05, 3.63) is 59.7 Å². The van der Waals surface area contributed by atoms with E-state index in [1.807, 2.05) is 6.92 Å². The zero-order chi connectivity index (χ0) is 19.5. The first-order valence-electron chi connectivity index (χ1n) is 7.95. The molecule has 1 amide bonds. The molecule has 0 unspecified atom stereocenters. The number of rotatable bonds is 6. The maximum Gasteiger partial charge on any atom is 0.248 e. The number of nitrogens with zero attached hydrogens (tertiary/aromatic N) is 1. The maximum atomic E-state index is 13.3. The minimum Gasteiger partial charge on any atom is -0.324 e. The second kappa shape index (κ2) is 7.82. The van der Waals surface area contributed by atoms with E-state index < -0.39 is 33.6 Å². The number of sulfonamides is 1. The maximum absolute atomic E-state index is 13.3. The van der Waals surface area contributed by atoms with Crippen molar-refractivity contribution in [3.63, 3.8) is 0 Å². The molecule has 0 aliphatic heterocycles. The van der Waals surface area contributed by atoms with Gasteiger partial charge in [0.05, 0.1) is 11.9 Å². The van der Waals surface area contributed by atoms with Crippen molar-refractivity contribution in [1.82, 2.24) is 0 Å². The Morgan fingerprint density at radius 1 is 1.12 bits per heavy atom. The fourth-order valence-corrected chi connectivity index (χ4v) is 3.76. The van der Waals surface area contributed by atoms with Gasteiger partial charge in [-0.25, -0.2) is 17.2 Å². The highest BCUT2D eigenvalue weighted by molar-refractivity contribution is 7.92. The molecular weight excluding hydrogens is 362 g/mol. The zero-order valence-electron chi connectivity index (χ0n) is 14.7. The van der Waals surface area contributed by atoms with Crippen LogP contribution in [-0.4, -0.2) is 26.6 Å². The third-order valence-electron chi connectivity index (χ3n) is 3.81. The van der Waals surface area contributed by atoms with Crippen LogP contribution in [-0.2, 0) is 14.8 Å². The van der Waals surface area contributed by atoms with E-state index in [9.17, 15) is 22.0 Å². The van der Waals surface area contributed by atoms with Crippen molar-refractivity contribution >= 4 is 27.3 Å². The van der Waals surface area contributed by atoms with Crippen LogP contribution >= 0.6 is 0 Å². The van der Waals surface area contributed by atoms with E-state index in [-0.39, 0.29) is 12.1 Å². The van der Waals surface area contributed by atoms with Gasteiger partial charge in [0, 0.05) is 11.8 Å². The Bertz CT molecular complexity index is 899. The van der Waals surface area contributed by atoms with Gasteiger partial charge in [-0.05, 0) is 37.6 Å². The van der Waals surface area contributed by atoms with Gasteiger partial charge in [0.2, 0.25) is 15.9 Å². The topological polar surface area (TPSA) is 66.5 Å². The molecule has 5 nitrogen and oxygen atoms in total. The van der Waals surface area contributed by atoms with Gasteiger partial charge in [-0.1, -0.05) is 24.6 Å². The predicted molar refractivity (Wildman–Crippen MR) is 97.6 cm³/mol.